The Morgan fingerprint density at radius 1 is 1.47 bits per heavy atom. The van der Waals surface area contributed by atoms with Gasteiger partial charge in [0.15, 0.2) is 10.4 Å². The van der Waals surface area contributed by atoms with Crippen molar-refractivity contribution in [1.29, 1.82) is 0 Å². The molecule has 0 fully saturated rings. The molecule has 0 aliphatic rings. The lowest BCUT2D eigenvalue weighted by atomic mass is 10.5. The lowest BCUT2D eigenvalue weighted by molar-refractivity contribution is 0.0519. The zero-order valence-corrected chi connectivity index (χ0v) is 14.2. The summed E-state index contributed by atoms with van der Waals surface area (Å²) in [5.41, 5.74) is 0.291. The average Bonchev–Trinajstić information content (AvgIpc) is 2.66. The van der Waals surface area contributed by atoms with Gasteiger partial charge in [-0.3, -0.25) is 0 Å². The van der Waals surface area contributed by atoms with Crippen LogP contribution in [0.4, 0.5) is 0 Å². The molecule has 19 heavy (non-hydrogen) atoms. The van der Waals surface area contributed by atoms with E-state index in [1.807, 2.05) is 0 Å². The smallest absolute Gasteiger partial charge is 0.358 e. The van der Waals surface area contributed by atoms with Gasteiger partial charge in [-0.2, -0.15) is 0 Å². The highest BCUT2D eigenvalue weighted by molar-refractivity contribution is 9.10. The first-order chi connectivity index (χ1) is 8.83. The number of nitrogens with zero attached hydrogens (tertiary/aromatic N) is 2. The summed E-state index contributed by atoms with van der Waals surface area (Å²) in [6, 6.07) is 0. The molecule has 0 N–H and O–H groups in total. The van der Waals surface area contributed by atoms with Crippen molar-refractivity contribution in [2.75, 3.05) is 37.7 Å². The van der Waals surface area contributed by atoms with Gasteiger partial charge in [0, 0.05) is 11.9 Å². The molecule has 1 heterocycles. The molecule has 0 aromatic carbocycles. The predicted octanol–water partition coefficient (Wildman–Crippen LogP) is 2.49. The van der Waals surface area contributed by atoms with Gasteiger partial charge in [-0.25, -0.2) is 19.8 Å². The van der Waals surface area contributed by atoms with Gasteiger partial charge < -0.3 is 14.0 Å². The zero-order valence-electron chi connectivity index (χ0n) is 11.8. The summed E-state index contributed by atoms with van der Waals surface area (Å²) in [6.07, 6.45) is 8.39. The lowest BCUT2D eigenvalue weighted by Gasteiger charge is -2.24. The average molecular weight is 353 g/mol. The Balaban J connectivity index is 2.48. The van der Waals surface area contributed by atoms with Gasteiger partial charge in [-0.15, -0.1) is 0 Å². The third kappa shape index (κ3) is 5.97. The Morgan fingerprint density at radius 3 is 2.74 bits per heavy atom. The second-order valence-corrected chi connectivity index (χ2v) is 10.2. The fourth-order valence-corrected chi connectivity index (χ4v) is 2.27. The third-order valence-corrected chi connectivity index (χ3v) is 4.31. The second kappa shape index (κ2) is 7.31. The van der Waals surface area contributed by atoms with Crippen molar-refractivity contribution >= 4 is 31.9 Å². The summed E-state index contributed by atoms with van der Waals surface area (Å²) in [4.78, 5) is 15.6. The molecule has 0 aliphatic heterocycles. The molecule has 0 amide bonds. The van der Waals surface area contributed by atoms with E-state index in [4.69, 9.17) is 9.47 Å². The molecule has 0 aliphatic carbocycles. The van der Waals surface area contributed by atoms with Crippen molar-refractivity contribution in [3.05, 3.63) is 16.6 Å². The monoisotopic (exact) mass is 352 g/mol. The van der Waals surface area contributed by atoms with Crippen LogP contribution in [0, 0.1) is 0 Å². The lowest BCUT2D eigenvalue weighted by Crippen LogP contribution is -2.09. The predicted molar refractivity (Wildman–Crippen MR) is 82.1 cm³/mol. The fraction of sp³-hybridized carbons (Fsp3) is 0.667. The molecule has 1 aromatic rings. The van der Waals surface area contributed by atoms with E-state index in [1.165, 1.54) is 0 Å². The summed E-state index contributed by atoms with van der Waals surface area (Å²) < 4.78 is 12.8. The van der Waals surface area contributed by atoms with Crippen LogP contribution in [-0.4, -0.2) is 53.3 Å². The van der Waals surface area contributed by atoms with Crippen LogP contribution < -0.4 is 0 Å². The van der Waals surface area contributed by atoms with Gasteiger partial charge in [0.2, 0.25) is 0 Å². The van der Waals surface area contributed by atoms with Crippen LogP contribution in [0.25, 0.3) is 0 Å². The van der Waals surface area contributed by atoms with E-state index in [0.29, 0.717) is 30.4 Å². The number of hydrogen-bond donors (Lipinski definition) is 0. The molecular formula is C12H21BrN2O3S. The Hall–Kier alpha value is -0.530. The normalized spacial score (nSPS) is 12.5. The number of esters is 1. The van der Waals surface area contributed by atoms with E-state index in [9.17, 15) is 4.79 Å². The number of carbonyl (C=O) groups excluding carboxylic acids is 1. The number of rotatable bonds is 7. The van der Waals surface area contributed by atoms with Crippen molar-refractivity contribution in [1.82, 2.24) is 9.55 Å². The molecule has 7 heteroatoms. The van der Waals surface area contributed by atoms with Crippen molar-refractivity contribution in [2.24, 2.45) is 0 Å². The summed E-state index contributed by atoms with van der Waals surface area (Å²) in [5, 5.41) is 0. The minimum absolute atomic E-state index is 0.291. The topological polar surface area (TPSA) is 53.4 Å². The maximum Gasteiger partial charge on any atom is 0.358 e. The number of ether oxygens (including phenoxy) is 2. The molecule has 1 aromatic heterocycles. The zero-order chi connectivity index (χ0) is 14.5. The van der Waals surface area contributed by atoms with Crippen LogP contribution in [-0.2, 0) is 16.2 Å². The molecule has 0 saturated carbocycles. The second-order valence-electron chi connectivity index (χ2n) is 4.92. The Labute approximate surface area is 124 Å². The van der Waals surface area contributed by atoms with Gasteiger partial charge in [-0.1, -0.05) is 0 Å². The van der Waals surface area contributed by atoms with Gasteiger partial charge in [0.25, 0.3) is 0 Å². The molecule has 0 bridgehead atoms. The van der Waals surface area contributed by atoms with Crippen LogP contribution in [0.3, 0.4) is 0 Å². The first kappa shape index (κ1) is 16.5. The largest absolute Gasteiger partial charge is 0.461 e. The molecular weight excluding hydrogens is 332 g/mol. The Bertz CT molecular complexity index is 429. The molecule has 1 rings (SSSR count). The van der Waals surface area contributed by atoms with Crippen molar-refractivity contribution in [3.8, 4) is 0 Å². The molecule has 0 atom stereocenters. The van der Waals surface area contributed by atoms with Gasteiger partial charge in [-0.05, 0) is 41.6 Å². The number of aromatic nitrogens is 2. The maximum atomic E-state index is 11.5. The number of imidazole rings is 1. The molecule has 5 nitrogen and oxygen atoms in total. The highest BCUT2D eigenvalue weighted by atomic mass is 79.9. The summed E-state index contributed by atoms with van der Waals surface area (Å²) in [5.74, 6) is 0.644. The minimum atomic E-state index is -0.540. The van der Waals surface area contributed by atoms with E-state index in [0.717, 1.165) is 5.75 Å². The minimum Gasteiger partial charge on any atom is -0.461 e. The SMILES string of the molecule is CCOC(=O)c1cn(COCCS(C)(C)C)c(Br)n1. The van der Waals surface area contributed by atoms with Crippen LogP contribution >= 0.6 is 26.0 Å². The van der Waals surface area contributed by atoms with E-state index in [2.05, 4.69) is 39.7 Å². The van der Waals surface area contributed by atoms with Crippen LogP contribution in [0.15, 0.2) is 10.9 Å². The summed E-state index contributed by atoms with van der Waals surface area (Å²) >= 11 is 3.30. The molecule has 0 spiro atoms. The number of hydrogen-bond acceptors (Lipinski definition) is 4. The standard InChI is InChI=1S/C12H21BrN2O3S/c1-5-18-11(16)10-8-15(12(13)14-10)9-17-6-7-19(2,3)4/h8H,5-7,9H2,1-4H3. The van der Waals surface area contributed by atoms with Crippen LogP contribution in [0.1, 0.15) is 17.4 Å². The molecule has 0 saturated heterocycles. The van der Waals surface area contributed by atoms with E-state index in [1.54, 1.807) is 17.7 Å². The van der Waals surface area contributed by atoms with Gasteiger partial charge in [0.1, 0.15) is 6.73 Å². The van der Waals surface area contributed by atoms with Gasteiger partial charge in [0.05, 0.1) is 13.2 Å². The quantitative estimate of drug-likeness (QED) is 0.558. The van der Waals surface area contributed by atoms with Gasteiger partial charge >= 0.3 is 5.97 Å². The molecule has 110 valence electrons. The number of halogens is 1. The first-order valence-corrected chi connectivity index (χ1v) is 9.79. The Kier molecular flexibility index (Phi) is 6.35. The van der Waals surface area contributed by atoms with Crippen molar-refractivity contribution < 1.29 is 14.3 Å². The summed E-state index contributed by atoms with van der Waals surface area (Å²) in [6.45, 7) is 3.19. The van der Waals surface area contributed by atoms with Crippen molar-refractivity contribution in [3.63, 3.8) is 0 Å². The van der Waals surface area contributed by atoms with E-state index < -0.39 is 16.0 Å². The molecule has 0 radical (unpaired) electrons. The first-order valence-electron chi connectivity index (χ1n) is 5.97. The summed E-state index contributed by atoms with van der Waals surface area (Å²) in [7, 11) is -0.540. The highest BCUT2D eigenvalue weighted by Crippen LogP contribution is 2.33. The van der Waals surface area contributed by atoms with E-state index >= 15 is 0 Å². The van der Waals surface area contributed by atoms with Crippen LogP contribution in [0.5, 0.6) is 0 Å². The number of carbonyl (C=O) groups is 1. The molecule has 0 unspecified atom stereocenters. The Morgan fingerprint density at radius 2 is 2.16 bits per heavy atom. The maximum absolute atomic E-state index is 11.5. The fourth-order valence-electron chi connectivity index (χ4n) is 1.26. The van der Waals surface area contributed by atoms with Crippen LogP contribution in [0.2, 0.25) is 0 Å². The van der Waals surface area contributed by atoms with E-state index in [-0.39, 0.29) is 0 Å². The highest BCUT2D eigenvalue weighted by Gasteiger charge is 2.13. The third-order valence-electron chi connectivity index (χ3n) is 2.28. The van der Waals surface area contributed by atoms with Crippen molar-refractivity contribution in [2.45, 2.75) is 13.7 Å².